The molecule has 0 saturated heterocycles. The quantitative estimate of drug-likeness (QED) is 0.350. The van der Waals surface area contributed by atoms with Crippen molar-refractivity contribution in [1.82, 2.24) is 10.2 Å². The Morgan fingerprint density at radius 2 is 1.56 bits per heavy atom. The lowest BCUT2D eigenvalue weighted by molar-refractivity contribution is -0.137. The number of hydrogen-bond acceptors (Lipinski definition) is 4. The Morgan fingerprint density at radius 1 is 0.917 bits per heavy atom. The molecule has 3 rings (SSSR count). The molecule has 36 heavy (non-hydrogen) atoms. The first kappa shape index (κ1) is 26.5. The average molecular weight is 496 g/mol. The van der Waals surface area contributed by atoms with Gasteiger partial charge in [-0.2, -0.15) is 0 Å². The number of carbonyl (C=O) groups excluding carboxylic acids is 2. The van der Waals surface area contributed by atoms with E-state index in [0.29, 0.717) is 36.2 Å². The number of rotatable bonds is 11. The van der Waals surface area contributed by atoms with Crippen molar-refractivity contribution < 1.29 is 28.3 Å². The lowest BCUT2D eigenvalue weighted by Gasteiger charge is -2.24. The fourth-order valence-corrected chi connectivity index (χ4v) is 3.74. The number of hydrogen-bond donors (Lipinski definition) is 3. The third-order valence-electron chi connectivity index (χ3n) is 5.54. The SMILES string of the molecule is NCCCNC(=O)c1ccccc1-c1ccccc1C(=O)N(CCC(=O)O)Cc1cc(F)ccc1F. The minimum Gasteiger partial charge on any atom is -0.481 e. The molecule has 0 spiro atoms. The van der Waals surface area contributed by atoms with Crippen molar-refractivity contribution in [2.75, 3.05) is 19.6 Å². The van der Waals surface area contributed by atoms with Crippen molar-refractivity contribution >= 4 is 17.8 Å². The van der Waals surface area contributed by atoms with Crippen LogP contribution in [0.25, 0.3) is 11.1 Å². The summed E-state index contributed by atoms with van der Waals surface area (Å²) < 4.78 is 28.1. The number of carboxylic acid groups (broad SMARTS) is 1. The smallest absolute Gasteiger partial charge is 0.305 e. The minimum absolute atomic E-state index is 0.0779. The van der Waals surface area contributed by atoms with Gasteiger partial charge in [0.2, 0.25) is 0 Å². The summed E-state index contributed by atoms with van der Waals surface area (Å²) in [6, 6.07) is 16.3. The topological polar surface area (TPSA) is 113 Å². The first-order chi connectivity index (χ1) is 17.3. The molecule has 9 heteroatoms. The van der Waals surface area contributed by atoms with E-state index in [0.717, 1.165) is 23.1 Å². The van der Waals surface area contributed by atoms with E-state index in [4.69, 9.17) is 5.73 Å². The molecule has 3 aromatic rings. The number of benzene rings is 3. The minimum atomic E-state index is -1.14. The van der Waals surface area contributed by atoms with Crippen LogP contribution in [0.3, 0.4) is 0 Å². The largest absolute Gasteiger partial charge is 0.481 e. The Hall–Kier alpha value is -4.11. The molecule has 0 aliphatic rings. The molecular formula is C27H27F2N3O4. The first-order valence-electron chi connectivity index (χ1n) is 11.4. The zero-order valence-electron chi connectivity index (χ0n) is 19.5. The van der Waals surface area contributed by atoms with Crippen LogP contribution in [-0.2, 0) is 11.3 Å². The van der Waals surface area contributed by atoms with E-state index in [9.17, 15) is 28.3 Å². The summed E-state index contributed by atoms with van der Waals surface area (Å²) in [5, 5.41) is 12.0. The molecule has 3 aromatic carbocycles. The third-order valence-corrected chi connectivity index (χ3v) is 5.54. The van der Waals surface area contributed by atoms with Crippen LogP contribution >= 0.6 is 0 Å². The van der Waals surface area contributed by atoms with Crippen molar-refractivity contribution in [1.29, 1.82) is 0 Å². The van der Waals surface area contributed by atoms with Crippen LogP contribution in [0.15, 0.2) is 66.7 Å². The lowest BCUT2D eigenvalue weighted by atomic mass is 9.94. The van der Waals surface area contributed by atoms with E-state index in [1.165, 1.54) is 0 Å². The molecule has 0 unspecified atom stereocenters. The molecule has 0 aliphatic carbocycles. The van der Waals surface area contributed by atoms with Crippen LogP contribution in [0.2, 0.25) is 0 Å². The Bertz CT molecular complexity index is 1250. The van der Waals surface area contributed by atoms with Crippen molar-refractivity contribution in [3.05, 3.63) is 95.1 Å². The van der Waals surface area contributed by atoms with Gasteiger partial charge in [-0.1, -0.05) is 36.4 Å². The second-order valence-corrected chi connectivity index (χ2v) is 8.10. The predicted octanol–water partition coefficient (Wildman–Crippen LogP) is 3.83. The number of nitrogens with one attached hydrogen (secondary N) is 1. The molecule has 0 saturated carbocycles. The number of carboxylic acids is 1. The Balaban J connectivity index is 2.00. The fraction of sp³-hybridized carbons (Fsp3) is 0.222. The van der Waals surface area contributed by atoms with Crippen molar-refractivity contribution in [3.63, 3.8) is 0 Å². The Morgan fingerprint density at radius 3 is 2.22 bits per heavy atom. The molecule has 0 fully saturated rings. The number of carbonyl (C=O) groups is 3. The van der Waals surface area contributed by atoms with Gasteiger partial charge in [0.1, 0.15) is 11.6 Å². The van der Waals surface area contributed by atoms with Gasteiger partial charge in [0.25, 0.3) is 11.8 Å². The molecule has 2 amide bonds. The summed E-state index contributed by atoms with van der Waals surface area (Å²) in [5.74, 6) is -3.43. The second kappa shape index (κ2) is 12.6. The highest BCUT2D eigenvalue weighted by Gasteiger charge is 2.23. The van der Waals surface area contributed by atoms with Crippen molar-refractivity contribution in [3.8, 4) is 11.1 Å². The molecule has 0 radical (unpaired) electrons. The highest BCUT2D eigenvalue weighted by molar-refractivity contribution is 6.06. The molecule has 4 N–H and O–H groups in total. The maximum atomic E-state index is 14.3. The van der Waals surface area contributed by atoms with Crippen LogP contribution < -0.4 is 11.1 Å². The van der Waals surface area contributed by atoms with Gasteiger partial charge in [-0.05, 0) is 54.4 Å². The van der Waals surface area contributed by atoms with E-state index in [2.05, 4.69) is 5.32 Å². The van der Waals surface area contributed by atoms with Gasteiger partial charge in [0.05, 0.1) is 6.42 Å². The Kier molecular flexibility index (Phi) is 9.24. The zero-order chi connectivity index (χ0) is 26.1. The van der Waals surface area contributed by atoms with Gasteiger partial charge in [-0.25, -0.2) is 8.78 Å². The highest BCUT2D eigenvalue weighted by atomic mass is 19.1. The van der Waals surface area contributed by atoms with E-state index < -0.39 is 23.5 Å². The molecule has 0 aliphatic heterocycles. The maximum Gasteiger partial charge on any atom is 0.305 e. The maximum absolute atomic E-state index is 14.3. The normalized spacial score (nSPS) is 10.6. The average Bonchev–Trinajstić information content (AvgIpc) is 2.88. The summed E-state index contributed by atoms with van der Waals surface area (Å²) in [7, 11) is 0. The molecule has 0 heterocycles. The van der Waals surface area contributed by atoms with Crippen molar-refractivity contribution in [2.45, 2.75) is 19.4 Å². The number of aliphatic carboxylic acids is 1. The summed E-state index contributed by atoms with van der Waals surface area (Å²) in [5.41, 5.74) is 6.92. The molecular weight excluding hydrogens is 468 g/mol. The van der Waals surface area contributed by atoms with Crippen molar-refractivity contribution in [2.24, 2.45) is 5.73 Å². The zero-order valence-corrected chi connectivity index (χ0v) is 19.5. The van der Waals surface area contributed by atoms with Gasteiger partial charge in [0, 0.05) is 36.3 Å². The molecule has 0 atom stereocenters. The number of nitrogens with zero attached hydrogens (tertiary/aromatic N) is 1. The summed E-state index contributed by atoms with van der Waals surface area (Å²) in [6.07, 6.45) is 0.225. The Labute approximate surface area is 207 Å². The predicted molar refractivity (Wildman–Crippen MR) is 131 cm³/mol. The van der Waals surface area contributed by atoms with Gasteiger partial charge in [0.15, 0.2) is 0 Å². The standard InChI is InChI=1S/C27H27F2N3O4/c28-19-10-11-24(29)18(16-19)17-32(15-12-25(33)34)27(36)23-9-4-2-7-21(23)20-6-1-3-8-22(20)26(35)31-14-5-13-30/h1-4,6-11,16H,5,12-15,17,30H2,(H,31,35)(H,33,34). The van der Waals surface area contributed by atoms with Crippen LogP contribution in [0.5, 0.6) is 0 Å². The fourth-order valence-electron chi connectivity index (χ4n) is 3.74. The summed E-state index contributed by atoms with van der Waals surface area (Å²) in [4.78, 5) is 38.9. The van der Waals surface area contributed by atoms with Crippen LogP contribution in [0.4, 0.5) is 8.78 Å². The third kappa shape index (κ3) is 6.73. The molecule has 7 nitrogen and oxygen atoms in total. The molecule has 0 bridgehead atoms. The second-order valence-electron chi connectivity index (χ2n) is 8.10. The molecule has 0 aromatic heterocycles. The highest BCUT2D eigenvalue weighted by Crippen LogP contribution is 2.29. The van der Waals surface area contributed by atoms with Gasteiger partial charge >= 0.3 is 5.97 Å². The van der Waals surface area contributed by atoms with Crippen LogP contribution in [0.1, 0.15) is 39.1 Å². The summed E-state index contributed by atoms with van der Waals surface area (Å²) in [6.45, 7) is 0.273. The van der Waals surface area contributed by atoms with Gasteiger partial charge < -0.3 is 21.1 Å². The number of amides is 2. The van der Waals surface area contributed by atoms with E-state index in [-0.39, 0.29) is 36.5 Å². The lowest BCUT2D eigenvalue weighted by Crippen LogP contribution is -2.33. The monoisotopic (exact) mass is 495 g/mol. The number of halogens is 2. The summed E-state index contributed by atoms with van der Waals surface area (Å²) >= 11 is 0. The van der Waals surface area contributed by atoms with Crippen LogP contribution in [0, 0.1) is 11.6 Å². The van der Waals surface area contributed by atoms with E-state index >= 15 is 0 Å². The van der Waals surface area contributed by atoms with Crippen LogP contribution in [-0.4, -0.2) is 47.4 Å². The van der Waals surface area contributed by atoms with E-state index in [1.807, 2.05) is 0 Å². The number of nitrogens with two attached hydrogens (primary N) is 1. The first-order valence-corrected chi connectivity index (χ1v) is 11.4. The van der Waals surface area contributed by atoms with Gasteiger partial charge in [-0.3, -0.25) is 14.4 Å². The van der Waals surface area contributed by atoms with Gasteiger partial charge in [-0.15, -0.1) is 0 Å². The molecule has 188 valence electrons. The van der Waals surface area contributed by atoms with E-state index in [1.54, 1.807) is 48.5 Å².